The number of unbranched alkanes of at least 4 members (excludes halogenated alkanes) is 1. The van der Waals surface area contributed by atoms with Gasteiger partial charge < -0.3 is 0 Å². The van der Waals surface area contributed by atoms with Gasteiger partial charge in [-0.05, 0) is 47.2 Å². The van der Waals surface area contributed by atoms with Crippen molar-refractivity contribution in [3.8, 4) is 5.69 Å². The van der Waals surface area contributed by atoms with Crippen LogP contribution in [0.2, 0.25) is 5.02 Å². The Kier molecular flexibility index (Phi) is 6.28. The molecule has 0 saturated heterocycles. The van der Waals surface area contributed by atoms with E-state index in [0.717, 1.165) is 29.5 Å². The molecule has 0 unspecified atom stereocenters. The summed E-state index contributed by atoms with van der Waals surface area (Å²) in [4.78, 5) is 17.8. The molecule has 0 amide bonds. The molecule has 160 valence electrons. The van der Waals surface area contributed by atoms with Gasteiger partial charge in [-0.1, -0.05) is 36.7 Å². The van der Waals surface area contributed by atoms with E-state index in [1.807, 2.05) is 0 Å². The highest BCUT2D eigenvalue weighted by atomic mass is 35.5. The first-order valence-corrected chi connectivity index (χ1v) is 10.9. The Labute approximate surface area is 185 Å². The Morgan fingerprint density at radius 1 is 1.16 bits per heavy atom. The SMILES string of the molecule is CCCCn1nnnc1CSc1nc2ccc(Cl)cc2c(=O)n1-c1ccc(F)cc1F. The monoisotopic (exact) mass is 462 g/mol. The predicted molar refractivity (Wildman–Crippen MR) is 115 cm³/mol. The third kappa shape index (κ3) is 4.45. The Morgan fingerprint density at radius 3 is 2.77 bits per heavy atom. The van der Waals surface area contributed by atoms with Crippen LogP contribution in [0, 0.1) is 11.6 Å². The summed E-state index contributed by atoms with van der Waals surface area (Å²) in [6.45, 7) is 2.74. The summed E-state index contributed by atoms with van der Waals surface area (Å²) in [7, 11) is 0. The summed E-state index contributed by atoms with van der Waals surface area (Å²) < 4.78 is 30.9. The minimum atomic E-state index is -0.875. The van der Waals surface area contributed by atoms with Crippen molar-refractivity contribution in [1.29, 1.82) is 0 Å². The molecule has 2 aromatic carbocycles. The van der Waals surface area contributed by atoms with Gasteiger partial charge in [-0.2, -0.15) is 0 Å². The molecule has 11 heteroatoms. The first kappa shape index (κ1) is 21.4. The van der Waals surface area contributed by atoms with Gasteiger partial charge in [-0.15, -0.1) is 5.10 Å². The summed E-state index contributed by atoms with van der Waals surface area (Å²) in [5.41, 5.74) is -0.193. The average molecular weight is 463 g/mol. The molecule has 0 N–H and O–H groups in total. The van der Waals surface area contributed by atoms with Crippen LogP contribution in [0.3, 0.4) is 0 Å². The predicted octanol–water partition coefficient (Wildman–Crippen LogP) is 4.40. The lowest BCUT2D eigenvalue weighted by Gasteiger charge is -2.14. The van der Waals surface area contributed by atoms with E-state index in [1.165, 1.54) is 23.9 Å². The van der Waals surface area contributed by atoms with E-state index in [0.29, 0.717) is 28.7 Å². The van der Waals surface area contributed by atoms with Crippen LogP contribution in [0.5, 0.6) is 0 Å². The normalized spacial score (nSPS) is 11.4. The molecule has 2 heterocycles. The van der Waals surface area contributed by atoms with Gasteiger partial charge in [0.15, 0.2) is 11.0 Å². The highest BCUT2D eigenvalue weighted by molar-refractivity contribution is 7.98. The molecule has 0 aliphatic carbocycles. The lowest BCUT2D eigenvalue weighted by molar-refractivity contribution is 0.540. The fraction of sp³-hybridized carbons (Fsp3) is 0.250. The largest absolute Gasteiger partial charge is 0.268 e. The molecule has 4 rings (SSSR count). The zero-order chi connectivity index (χ0) is 22.0. The smallest absolute Gasteiger partial charge is 0.266 e. The summed E-state index contributed by atoms with van der Waals surface area (Å²) >= 11 is 7.23. The second-order valence-electron chi connectivity index (χ2n) is 6.75. The molecule has 0 spiro atoms. The molecule has 0 atom stereocenters. The van der Waals surface area contributed by atoms with Crippen LogP contribution in [0.25, 0.3) is 16.6 Å². The lowest BCUT2D eigenvalue weighted by atomic mass is 10.2. The molecule has 0 aliphatic heterocycles. The minimum Gasteiger partial charge on any atom is -0.268 e. The number of aromatic nitrogens is 6. The lowest BCUT2D eigenvalue weighted by Crippen LogP contribution is -2.23. The van der Waals surface area contributed by atoms with Crippen molar-refractivity contribution in [2.24, 2.45) is 0 Å². The number of benzene rings is 2. The molecule has 0 fully saturated rings. The van der Waals surface area contributed by atoms with Gasteiger partial charge in [0.05, 0.1) is 22.3 Å². The van der Waals surface area contributed by atoms with E-state index < -0.39 is 17.2 Å². The standard InChI is InChI=1S/C20H17ClF2N6OS/c1-2-3-8-28-18(25-26-27-28)11-31-20-24-16-6-4-12(21)9-14(16)19(30)29(20)17-7-5-13(22)10-15(17)23/h4-7,9-10H,2-3,8,11H2,1H3. The van der Waals surface area contributed by atoms with Gasteiger partial charge in [0.2, 0.25) is 0 Å². The van der Waals surface area contributed by atoms with E-state index in [1.54, 1.807) is 16.8 Å². The molecule has 7 nitrogen and oxygen atoms in total. The average Bonchev–Trinajstić information content (AvgIpc) is 3.19. The van der Waals surface area contributed by atoms with Crippen molar-refractivity contribution in [1.82, 2.24) is 29.8 Å². The van der Waals surface area contributed by atoms with E-state index in [2.05, 4.69) is 27.4 Å². The van der Waals surface area contributed by atoms with Crippen LogP contribution in [0.1, 0.15) is 25.6 Å². The maximum Gasteiger partial charge on any atom is 0.266 e. The first-order chi connectivity index (χ1) is 15.0. The number of nitrogens with zero attached hydrogens (tertiary/aromatic N) is 6. The van der Waals surface area contributed by atoms with Crippen molar-refractivity contribution >= 4 is 34.3 Å². The van der Waals surface area contributed by atoms with Crippen molar-refractivity contribution in [2.45, 2.75) is 37.2 Å². The van der Waals surface area contributed by atoms with E-state index in [4.69, 9.17) is 11.6 Å². The van der Waals surface area contributed by atoms with Gasteiger partial charge in [-0.25, -0.2) is 18.4 Å². The van der Waals surface area contributed by atoms with Crippen LogP contribution in [0.15, 0.2) is 46.3 Å². The number of aryl methyl sites for hydroxylation is 1. The molecule has 0 radical (unpaired) electrons. The van der Waals surface area contributed by atoms with Crippen LogP contribution in [-0.4, -0.2) is 29.8 Å². The Bertz CT molecular complexity index is 1310. The topological polar surface area (TPSA) is 78.5 Å². The van der Waals surface area contributed by atoms with Gasteiger partial charge in [0.25, 0.3) is 5.56 Å². The minimum absolute atomic E-state index is 0.103. The molecule has 0 aliphatic rings. The van der Waals surface area contributed by atoms with Crippen LogP contribution < -0.4 is 5.56 Å². The first-order valence-electron chi connectivity index (χ1n) is 9.53. The Balaban J connectivity index is 1.81. The highest BCUT2D eigenvalue weighted by Crippen LogP contribution is 2.26. The maximum atomic E-state index is 14.6. The molecule has 4 aromatic rings. The highest BCUT2D eigenvalue weighted by Gasteiger charge is 2.18. The molecular formula is C20H17ClF2N6OS. The Hall–Kier alpha value is -2.85. The number of fused-ring (bicyclic) bond motifs is 1. The van der Waals surface area contributed by atoms with Gasteiger partial charge in [0, 0.05) is 17.6 Å². The number of halogens is 3. The van der Waals surface area contributed by atoms with Gasteiger partial charge in [-0.3, -0.25) is 9.36 Å². The van der Waals surface area contributed by atoms with Crippen molar-refractivity contribution in [3.05, 3.63) is 69.2 Å². The number of hydrogen-bond donors (Lipinski definition) is 0. The van der Waals surface area contributed by atoms with Gasteiger partial charge in [0.1, 0.15) is 11.6 Å². The summed E-state index contributed by atoms with van der Waals surface area (Å²) in [6, 6.07) is 7.75. The summed E-state index contributed by atoms with van der Waals surface area (Å²) in [5.74, 6) is -0.698. The fourth-order valence-corrected chi connectivity index (χ4v) is 4.16. The molecule has 2 aromatic heterocycles. The van der Waals surface area contributed by atoms with Crippen molar-refractivity contribution in [3.63, 3.8) is 0 Å². The summed E-state index contributed by atoms with van der Waals surface area (Å²) in [5, 5.41) is 12.6. The number of thioether (sulfide) groups is 1. The number of rotatable bonds is 7. The van der Waals surface area contributed by atoms with Crippen molar-refractivity contribution in [2.75, 3.05) is 0 Å². The third-order valence-corrected chi connectivity index (χ3v) is 5.78. The van der Waals surface area contributed by atoms with Gasteiger partial charge >= 0.3 is 0 Å². The third-order valence-electron chi connectivity index (χ3n) is 4.61. The van der Waals surface area contributed by atoms with Crippen molar-refractivity contribution < 1.29 is 8.78 Å². The molecular weight excluding hydrogens is 446 g/mol. The molecule has 31 heavy (non-hydrogen) atoms. The van der Waals surface area contributed by atoms with E-state index in [9.17, 15) is 13.6 Å². The molecule has 0 saturated carbocycles. The molecule has 0 bridgehead atoms. The zero-order valence-corrected chi connectivity index (χ0v) is 18.0. The summed E-state index contributed by atoms with van der Waals surface area (Å²) in [6.07, 6.45) is 1.91. The van der Waals surface area contributed by atoms with Crippen LogP contribution in [-0.2, 0) is 12.3 Å². The Morgan fingerprint density at radius 2 is 2.00 bits per heavy atom. The van der Waals surface area contributed by atoms with E-state index in [-0.39, 0.29) is 16.2 Å². The second-order valence-corrected chi connectivity index (χ2v) is 8.13. The zero-order valence-electron chi connectivity index (χ0n) is 16.4. The number of tetrazole rings is 1. The quantitative estimate of drug-likeness (QED) is 0.299. The second kappa shape index (κ2) is 9.11. The van der Waals surface area contributed by atoms with Crippen LogP contribution >= 0.6 is 23.4 Å². The maximum absolute atomic E-state index is 14.6. The number of hydrogen-bond acceptors (Lipinski definition) is 6. The van der Waals surface area contributed by atoms with E-state index >= 15 is 0 Å². The van der Waals surface area contributed by atoms with Crippen LogP contribution in [0.4, 0.5) is 8.78 Å². The fourth-order valence-electron chi connectivity index (χ4n) is 3.05.